The third kappa shape index (κ3) is 3.75. The SMILES string of the molecule is CCN(C)C(=O)Nc1ccc(F)c(C#CCN)c1. The second kappa shape index (κ2) is 6.62. The van der Waals surface area contributed by atoms with Gasteiger partial charge in [-0.05, 0) is 25.1 Å². The van der Waals surface area contributed by atoms with Crippen LogP contribution in [-0.4, -0.2) is 31.1 Å². The fraction of sp³-hybridized carbons (Fsp3) is 0.308. The van der Waals surface area contributed by atoms with Gasteiger partial charge < -0.3 is 16.0 Å². The lowest BCUT2D eigenvalue weighted by molar-refractivity contribution is 0.224. The first-order valence-corrected chi connectivity index (χ1v) is 5.59. The average molecular weight is 249 g/mol. The summed E-state index contributed by atoms with van der Waals surface area (Å²) in [7, 11) is 1.67. The van der Waals surface area contributed by atoms with E-state index >= 15 is 0 Å². The van der Waals surface area contributed by atoms with Crippen LogP contribution in [-0.2, 0) is 0 Å². The first kappa shape index (κ1) is 14.0. The van der Waals surface area contributed by atoms with Gasteiger partial charge in [-0.3, -0.25) is 0 Å². The number of carbonyl (C=O) groups is 1. The molecular weight excluding hydrogens is 233 g/mol. The van der Waals surface area contributed by atoms with Crippen molar-refractivity contribution in [3.05, 3.63) is 29.6 Å². The molecule has 5 heteroatoms. The molecule has 1 rings (SSSR count). The second-order valence-electron chi connectivity index (χ2n) is 3.64. The molecule has 1 aromatic rings. The van der Waals surface area contributed by atoms with Crippen molar-refractivity contribution < 1.29 is 9.18 Å². The van der Waals surface area contributed by atoms with Crippen molar-refractivity contribution in [3.63, 3.8) is 0 Å². The Morgan fingerprint density at radius 1 is 1.56 bits per heavy atom. The fourth-order valence-electron chi connectivity index (χ4n) is 1.21. The lowest BCUT2D eigenvalue weighted by Crippen LogP contribution is -2.30. The van der Waals surface area contributed by atoms with Crippen LogP contribution in [0.4, 0.5) is 14.9 Å². The minimum Gasteiger partial charge on any atom is -0.328 e. The molecule has 4 nitrogen and oxygen atoms in total. The lowest BCUT2D eigenvalue weighted by atomic mass is 10.2. The number of carbonyl (C=O) groups excluding carboxylic acids is 1. The summed E-state index contributed by atoms with van der Waals surface area (Å²) in [6, 6.07) is 3.99. The largest absolute Gasteiger partial charge is 0.328 e. The normalized spacial score (nSPS) is 9.33. The van der Waals surface area contributed by atoms with E-state index in [1.54, 1.807) is 7.05 Å². The Labute approximate surface area is 106 Å². The molecule has 0 aliphatic rings. The standard InChI is InChI=1S/C13H16FN3O/c1-3-17(2)13(18)16-11-6-7-12(14)10(9-11)5-4-8-15/h6-7,9H,3,8,15H2,1-2H3,(H,16,18). The molecule has 0 bridgehead atoms. The Hall–Kier alpha value is -2.06. The number of benzene rings is 1. The van der Waals surface area contributed by atoms with E-state index in [4.69, 9.17) is 5.73 Å². The first-order valence-electron chi connectivity index (χ1n) is 5.59. The number of rotatable bonds is 2. The highest BCUT2D eigenvalue weighted by molar-refractivity contribution is 5.89. The van der Waals surface area contributed by atoms with Gasteiger partial charge in [-0.25, -0.2) is 9.18 Å². The fourth-order valence-corrected chi connectivity index (χ4v) is 1.21. The number of amides is 2. The zero-order chi connectivity index (χ0) is 13.5. The monoisotopic (exact) mass is 249 g/mol. The average Bonchev–Trinajstić information content (AvgIpc) is 2.38. The Morgan fingerprint density at radius 3 is 2.89 bits per heavy atom. The summed E-state index contributed by atoms with van der Waals surface area (Å²) in [4.78, 5) is 13.1. The first-order chi connectivity index (χ1) is 8.58. The molecule has 96 valence electrons. The van der Waals surface area contributed by atoms with Gasteiger partial charge >= 0.3 is 6.03 Å². The van der Waals surface area contributed by atoms with Crippen molar-refractivity contribution >= 4 is 11.7 Å². The number of hydrogen-bond donors (Lipinski definition) is 2. The zero-order valence-electron chi connectivity index (χ0n) is 10.5. The summed E-state index contributed by atoms with van der Waals surface area (Å²) < 4.78 is 13.4. The predicted molar refractivity (Wildman–Crippen MR) is 69.7 cm³/mol. The molecule has 0 spiro atoms. The molecule has 3 N–H and O–H groups in total. The number of hydrogen-bond acceptors (Lipinski definition) is 2. The topological polar surface area (TPSA) is 58.4 Å². The van der Waals surface area contributed by atoms with E-state index in [2.05, 4.69) is 17.2 Å². The molecule has 1 aromatic carbocycles. The zero-order valence-corrected chi connectivity index (χ0v) is 10.5. The van der Waals surface area contributed by atoms with E-state index in [0.717, 1.165) is 0 Å². The highest BCUT2D eigenvalue weighted by atomic mass is 19.1. The van der Waals surface area contributed by atoms with Crippen LogP contribution in [0.5, 0.6) is 0 Å². The van der Waals surface area contributed by atoms with Crippen LogP contribution in [0.15, 0.2) is 18.2 Å². The molecule has 2 amide bonds. The van der Waals surface area contributed by atoms with Crippen molar-refractivity contribution in [2.45, 2.75) is 6.92 Å². The van der Waals surface area contributed by atoms with Gasteiger partial charge in [0.2, 0.25) is 0 Å². The smallest absolute Gasteiger partial charge is 0.321 e. The van der Waals surface area contributed by atoms with E-state index < -0.39 is 5.82 Å². The second-order valence-corrected chi connectivity index (χ2v) is 3.64. The summed E-state index contributed by atoms with van der Waals surface area (Å²) in [5.41, 5.74) is 5.95. The molecule has 0 heterocycles. The highest BCUT2D eigenvalue weighted by Gasteiger charge is 2.07. The molecule has 0 saturated heterocycles. The van der Waals surface area contributed by atoms with Gasteiger partial charge in [0.15, 0.2) is 0 Å². The number of anilines is 1. The maximum absolute atomic E-state index is 13.4. The third-order valence-electron chi connectivity index (χ3n) is 2.36. The minimum atomic E-state index is -0.433. The van der Waals surface area contributed by atoms with Crippen LogP contribution in [0.3, 0.4) is 0 Å². The van der Waals surface area contributed by atoms with Gasteiger partial charge in [0, 0.05) is 19.3 Å². The Morgan fingerprint density at radius 2 is 2.28 bits per heavy atom. The molecule has 18 heavy (non-hydrogen) atoms. The third-order valence-corrected chi connectivity index (χ3v) is 2.36. The molecule has 0 aliphatic carbocycles. The highest BCUT2D eigenvalue weighted by Crippen LogP contribution is 2.14. The van der Waals surface area contributed by atoms with E-state index in [1.165, 1.54) is 23.1 Å². The van der Waals surface area contributed by atoms with Gasteiger partial charge in [-0.2, -0.15) is 0 Å². The molecule has 0 unspecified atom stereocenters. The number of halogens is 1. The van der Waals surface area contributed by atoms with Crippen molar-refractivity contribution in [1.82, 2.24) is 4.90 Å². The van der Waals surface area contributed by atoms with Crippen LogP contribution in [0.2, 0.25) is 0 Å². The summed E-state index contributed by atoms with van der Waals surface area (Å²) in [5.74, 6) is 4.76. The van der Waals surface area contributed by atoms with Crippen LogP contribution >= 0.6 is 0 Å². The summed E-state index contributed by atoms with van der Waals surface area (Å²) in [6.07, 6.45) is 0. The van der Waals surface area contributed by atoms with Gasteiger partial charge in [0.25, 0.3) is 0 Å². The van der Waals surface area contributed by atoms with E-state index in [-0.39, 0.29) is 18.1 Å². The summed E-state index contributed by atoms with van der Waals surface area (Å²) >= 11 is 0. The minimum absolute atomic E-state index is 0.161. The maximum Gasteiger partial charge on any atom is 0.321 e. The maximum atomic E-state index is 13.4. The summed E-state index contributed by atoms with van der Waals surface area (Å²) in [5, 5.41) is 2.66. The lowest BCUT2D eigenvalue weighted by Gasteiger charge is -2.15. The van der Waals surface area contributed by atoms with Gasteiger partial charge in [0.05, 0.1) is 12.1 Å². The molecule has 0 fully saturated rings. The van der Waals surface area contributed by atoms with Gasteiger partial charge in [0.1, 0.15) is 5.82 Å². The van der Waals surface area contributed by atoms with Crippen molar-refractivity contribution in [2.75, 3.05) is 25.5 Å². The van der Waals surface area contributed by atoms with E-state index in [1.807, 2.05) is 6.92 Å². The molecular formula is C13H16FN3O. The van der Waals surface area contributed by atoms with E-state index in [9.17, 15) is 9.18 Å². The number of urea groups is 1. The van der Waals surface area contributed by atoms with Crippen molar-refractivity contribution in [3.8, 4) is 11.8 Å². The summed E-state index contributed by atoms with van der Waals surface area (Å²) in [6.45, 7) is 2.61. The molecule has 0 atom stereocenters. The quantitative estimate of drug-likeness (QED) is 0.782. The van der Waals surface area contributed by atoms with Crippen LogP contribution in [0.25, 0.3) is 0 Å². The molecule has 0 radical (unpaired) electrons. The van der Waals surface area contributed by atoms with Crippen LogP contribution in [0.1, 0.15) is 12.5 Å². The van der Waals surface area contributed by atoms with E-state index in [0.29, 0.717) is 12.2 Å². The molecule has 0 aromatic heterocycles. The Kier molecular flexibility index (Phi) is 5.15. The van der Waals surface area contributed by atoms with Crippen molar-refractivity contribution in [1.29, 1.82) is 0 Å². The van der Waals surface area contributed by atoms with Gasteiger partial charge in [-0.15, -0.1) is 0 Å². The Balaban J connectivity index is 2.88. The number of nitrogens with one attached hydrogen (secondary N) is 1. The molecule has 0 aliphatic heterocycles. The predicted octanol–water partition coefficient (Wildman–Crippen LogP) is 1.62. The number of nitrogens with zero attached hydrogens (tertiary/aromatic N) is 1. The Bertz CT molecular complexity index is 491. The number of nitrogens with two attached hydrogens (primary N) is 1. The van der Waals surface area contributed by atoms with Crippen molar-refractivity contribution in [2.24, 2.45) is 5.73 Å². The van der Waals surface area contributed by atoms with Crippen LogP contribution in [0, 0.1) is 17.7 Å². The molecule has 0 saturated carbocycles. The van der Waals surface area contributed by atoms with Gasteiger partial charge in [-0.1, -0.05) is 11.8 Å². The van der Waals surface area contributed by atoms with Crippen LogP contribution < -0.4 is 11.1 Å².